The SMILES string of the molecule is c1ccc(-c2ccc(N(c3ccc(-c4ccc5ccccc5c4)cc3)c3c(-c4ccccc4)c4ccccc4c4ccccc34)cc2-c2ccccc2)cc1. The summed E-state index contributed by atoms with van der Waals surface area (Å²) in [6.45, 7) is 0. The summed E-state index contributed by atoms with van der Waals surface area (Å²) >= 11 is 0. The Morgan fingerprint density at radius 1 is 0.255 bits per heavy atom. The Balaban J connectivity index is 1.27. The van der Waals surface area contributed by atoms with Gasteiger partial charge in [0.05, 0.1) is 5.69 Å². The van der Waals surface area contributed by atoms with Crippen LogP contribution in [0.3, 0.4) is 0 Å². The molecule has 0 spiro atoms. The number of rotatable bonds is 7. The summed E-state index contributed by atoms with van der Waals surface area (Å²) in [5.74, 6) is 0. The molecule has 258 valence electrons. The molecule has 0 amide bonds. The lowest BCUT2D eigenvalue weighted by atomic mass is 9.89. The average molecular weight is 700 g/mol. The summed E-state index contributed by atoms with van der Waals surface area (Å²) in [6.07, 6.45) is 0. The molecular weight excluding hydrogens is 663 g/mol. The van der Waals surface area contributed by atoms with E-state index in [0.717, 1.165) is 17.1 Å². The molecule has 0 N–H and O–H groups in total. The van der Waals surface area contributed by atoms with Crippen LogP contribution in [0.1, 0.15) is 0 Å². The highest BCUT2D eigenvalue weighted by Crippen LogP contribution is 2.50. The summed E-state index contributed by atoms with van der Waals surface area (Å²) in [5, 5.41) is 7.40. The van der Waals surface area contributed by atoms with E-state index in [4.69, 9.17) is 0 Å². The minimum absolute atomic E-state index is 1.09. The van der Waals surface area contributed by atoms with Crippen molar-refractivity contribution in [2.75, 3.05) is 4.90 Å². The molecule has 0 fully saturated rings. The van der Waals surface area contributed by atoms with Crippen LogP contribution in [0.4, 0.5) is 17.1 Å². The van der Waals surface area contributed by atoms with Gasteiger partial charge in [-0.05, 0) is 96.2 Å². The van der Waals surface area contributed by atoms with Crippen LogP contribution in [0, 0.1) is 0 Å². The van der Waals surface area contributed by atoms with Crippen LogP contribution in [0.5, 0.6) is 0 Å². The molecule has 0 saturated carbocycles. The zero-order chi connectivity index (χ0) is 36.6. The molecule has 10 aromatic carbocycles. The quantitative estimate of drug-likeness (QED) is 0.150. The van der Waals surface area contributed by atoms with Gasteiger partial charge in [0, 0.05) is 22.3 Å². The summed E-state index contributed by atoms with van der Waals surface area (Å²) in [6, 6.07) is 81.6. The van der Waals surface area contributed by atoms with Crippen LogP contribution in [0.25, 0.3) is 76.8 Å². The second-order valence-corrected chi connectivity index (χ2v) is 14.1. The van der Waals surface area contributed by atoms with Crippen molar-refractivity contribution in [3.05, 3.63) is 224 Å². The van der Waals surface area contributed by atoms with E-state index in [2.05, 4.69) is 229 Å². The monoisotopic (exact) mass is 699 g/mol. The van der Waals surface area contributed by atoms with Crippen molar-refractivity contribution in [2.45, 2.75) is 0 Å². The van der Waals surface area contributed by atoms with Crippen molar-refractivity contribution < 1.29 is 0 Å². The van der Waals surface area contributed by atoms with Crippen LogP contribution >= 0.6 is 0 Å². The summed E-state index contributed by atoms with van der Waals surface area (Å²) in [4.78, 5) is 2.49. The Bertz CT molecular complexity index is 2950. The molecule has 1 nitrogen and oxygen atoms in total. The van der Waals surface area contributed by atoms with Gasteiger partial charge in [0.25, 0.3) is 0 Å². The van der Waals surface area contributed by atoms with Crippen molar-refractivity contribution in [3.8, 4) is 44.5 Å². The van der Waals surface area contributed by atoms with Gasteiger partial charge in [-0.25, -0.2) is 0 Å². The summed E-state index contributed by atoms with van der Waals surface area (Å²) < 4.78 is 0. The van der Waals surface area contributed by atoms with Gasteiger partial charge >= 0.3 is 0 Å². The van der Waals surface area contributed by atoms with Crippen LogP contribution in [0.2, 0.25) is 0 Å². The number of hydrogen-bond donors (Lipinski definition) is 0. The predicted molar refractivity (Wildman–Crippen MR) is 235 cm³/mol. The van der Waals surface area contributed by atoms with E-state index in [9.17, 15) is 0 Å². The van der Waals surface area contributed by atoms with Gasteiger partial charge in [0.2, 0.25) is 0 Å². The largest absolute Gasteiger partial charge is 0.309 e. The number of benzene rings is 10. The second-order valence-electron chi connectivity index (χ2n) is 14.1. The van der Waals surface area contributed by atoms with E-state index in [1.807, 2.05) is 0 Å². The number of hydrogen-bond acceptors (Lipinski definition) is 1. The van der Waals surface area contributed by atoms with Crippen molar-refractivity contribution in [3.63, 3.8) is 0 Å². The Kier molecular flexibility index (Phi) is 8.24. The van der Waals surface area contributed by atoms with Crippen LogP contribution < -0.4 is 4.90 Å². The standard InChI is InChI=1S/C54H37N/c1-4-17-40(18-5-1)47-35-34-46(37-52(47)41-19-6-2-7-20-41)55(45-32-30-39(31-33-45)44-29-28-38-16-10-11-23-43(38)36-44)54-51-27-15-13-25-49(51)48-24-12-14-26-50(48)53(54)42-21-8-3-9-22-42/h1-37H. The van der Waals surface area contributed by atoms with Gasteiger partial charge in [-0.15, -0.1) is 0 Å². The van der Waals surface area contributed by atoms with Gasteiger partial charge < -0.3 is 4.90 Å². The molecule has 10 rings (SSSR count). The van der Waals surface area contributed by atoms with E-state index in [-0.39, 0.29) is 0 Å². The zero-order valence-electron chi connectivity index (χ0n) is 30.3. The molecule has 55 heavy (non-hydrogen) atoms. The molecule has 0 bridgehead atoms. The fourth-order valence-electron chi connectivity index (χ4n) is 8.23. The van der Waals surface area contributed by atoms with Crippen molar-refractivity contribution in [1.29, 1.82) is 0 Å². The van der Waals surface area contributed by atoms with Crippen molar-refractivity contribution in [2.24, 2.45) is 0 Å². The van der Waals surface area contributed by atoms with Gasteiger partial charge in [-0.2, -0.15) is 0 Å². The second kappa shape index (κ2) is 14.0. The average Bonchev–Trinajstić information content (AvgIpc) is 3.27. The molecule has 0 aromatic heterocycles. The Morgan fingerprint density at radius 2 is 0.745 bits per heavy atom. The first-order valence-corrected chi connectivity index (χ1v) is 18.9. The van der Waals surface area contributed by atoms with Crippen LogP contribution in [0.15, 0.2) is 224 Å². The zero-order valence-corrected chi connectivity index (χ0v) is 30.3. The third-order valence-corrected chi connectivity index (χ3v) is 10.8. The first-order chi connectivity index (χ1) is 27.3. The molecule has 0 aliphatic rings. The molecule has 1 heteroatoms. The smallest absolute Gasteiger partial charge is 0.0624 e. The van der Waals surface area contributed by atoms with Gasteiger partial charge in [0.15, 0.2) is 0 Å². The molecule has 0 heterocycles. The Morgan fingerprint density at radius 3 is 1.42 bits per heavy atom. The molecule has 0 aliphatic carbocycles. The lowest BCUT2D eigenvalue weighted by Crippen LogP contribution is -2.12. The highest BCUT2D eigenvalue weighted by Gasteiger charge is 2.24. The minimum atomic E-state index is 1.09. The maximum Gasteiger partial charge on any atom is 0.0624 e. The van der Waals surface area contributed by atoms with Gasteiger partial charge in [-0.1, -0.05) is 194 Å². The molecule has 0 aliphatic heterocycles. The number of anilines is 3. The van der Waals surface area contributed by atoms with Gasteiger partial charge in [-0.3, -0.25) is 0 Å². The van der Waals surface area contributed by atoms with E-state index in [1.165, 1.54) is 76.8 Å². The molecule has 0 radical (unpaired) electrons. The predicted octanol–water partition coefficient (Wildman–Crippen LogP) is 15.3. The van der Waals surface area contributed by atoms with Gasteiger partial charge in [0.1, 0.15) is 0 Å². The summed E-state index contributed by atoms with van der Waals surface area (Å²) in [7, 11) is 0. The highest BCUT2D eigenvalue weighted by molar-refractivity contribution is 6.22. The van der Waals surface area contributed by atoms with Crippen LogP contribution in [-0.4, -0.2) is 0 Å². The fraction of sp³-hybridized carbons (Fsp3) is 0. The molecule has 0 atom stereocenters. The van der Waals surface area contributed by atoms with E-state index >= 15 is 0 Å². The molecular formula is C54H37N. The molecule has 0 saturated heterocycles. The maximum absolute atomic E-state index is 2.49. The third kappa shape index (κ3) is 5.93. The van der Waals surface area contributed by atoms with E-state index in [0.29, 0.717) is 0 Å². The maximum atomic E-state index is 2.49. The van der Waals surface area contributed by atoms with Crippen LogP contribution in [-0.2, 0) is 0 Å². The first kappa shape index (κ1) is 32.4. The topological polar surface area (TPSA) is 3.24 Å². The van der Waals surface area contributed by atoms with Crippen molar-refractivity contribution >= 4 is 49.4 Å². The Hall–Kier alpha value is -7.22. The van der Waals surface area contributed by atoms with E-state index < -0.39 is 0 Å². The molecule has 0 unspecified atom stereocenters. The number of fused-ring (bicyclic) bond motifs is 4. The third-order valence-electron chi connectivity index (χ3n) is 10.8. The lowest BCUT2D eigenvalue weighted by Gasteiger charge is -2.31. The lowest BCUT2D eigenvalue weighted by molar-refractivity contribution is 1.30. The highest BCUT2D eigenvalue weighted by atomic mass is 15.1. The minimum Gasteiger partial charge on any atom is -0.309 e. The Labute approximate surface area is 322 Å². The molecule has 10 aromatic rings. The summed E-state index contributed by atoms with van der Waals surface area (Å²) in [5.41, 5.74) is 12.9. The normalized spacial score (nSPS) is 11.3. The number of nitrogens with zero attached hydrogens (tertiary/aromatic N) is 1. The van der Waals surface area contributed by atoms with E-state index in [1.54, 1.807) is 0 Å². The fourth-order valence-corrected chi connectivity index (χ4v) is 8.23. The first-order valence-electron chi connectivity index (χ1n) is 18.9. The van der Waals surface area contributed by atoms with Crippen molar-refractivity contribution in [1.82, 2.24) is 0 Å².